The normalized spacial score (nSPS) is 11.1. The Hall–Kier alpha value is -2.30. The number of H-pyrrole nitrogens is 1. The number of rotatable bonds is 1. The van der Waals surface area contributed by atoms with Crippen molar-refractivity contribution in [3.05, 3.63) is 47.3 Å². The van der Waals surface area contributed by atoms with Crippen molar-refractivity contribution in [2.45, 2.75) is 0 Å². The molecule has 0 saturated heterocycles. The maximum Gasteiger partial charge on any atom is 0.330 e. The van der Waals surface area contributed by atoms with Crippen LogP contribution in [0.2, 0.25) is 0 Å². The summed E-state index contributed by atoms with van der Waals surface area (Å²) in [5.74, 6) is 0. The molecule has 0 spiro atoms. The van der Waals surface area contributed by atoms with E-state index in [1.807, 2.05) is 25.2 Å². The minimum Gasteiger partial charge on any atom is -0.312 e. The van der Waals surface area contributed by atoms with E-state index in [0.29, 0.717) is 0 Å². The van der Waals surface area contributed by atoms with Gasteiger partial charge in [0.05, 0.1) is 17.4 Å². The van der Waals surface area contributed by atoms with Crippen LogP contribution >= 0.6 is 0 Å². The van der Waals surface area contributed by atoms with Crippen LogP contribution in [0.3, 0.4) is 0 Å². The second-order valence-corrected chi connectivity index (χ2v) is 3.65. The number of fused-ring (bicyclic) bond motifs is 1. The highest BCUT2D eigenvalue weighted by Gasteiger charge is 2.03. The predicted molar refractivity (Wildman–Crippen MR) is 60.7 cm³/mol. The molecular weight excluding hydrogens is 204 g/mol. The van der Waals surface area contributed by atoms with Crippen molar-refractivity contribution in [3.63, 3.8) is 0 Å². The summed E-state index contributed by atoms with van der Waals surface area (Å²) < 4.78 is 3.37. The Bertz CT molecular complexity index is 704. The molecule has 0 atom stereocenters. The molecule has 80 valence electrons. The fourth-order valence-corrected chi connectivity index (χ4v) is 1.82. The molecule has 2 heterocycles. The van der Waals surface area contributed by atoms with Crippen LogP contribution in [0.1, 0.15) is 0 Å². The number of hydrogen-bond donors (Lipinski definition) is 1. The van der Waals surface area contributed by atoms with Gasteiger partial charge in [0.25, 0.3) is 0 Å². The van der Waals surface area contributed by atoms with Gasteiger partial charge in [-0.15, -0.1) is 0 Å². The molecule has 1 N–H and O–H groups in total. The summed E-state index contributed by atoms with van der Waals surface area (Å²) in [7, 11) is 1.89. The van der Waals surface area contributed by atoms with Gasteiger partial charge in [-0.25, -0.2) is 4.79 Å². The monoisotopic (exact) mass is 214 g/mol. The van der Waals surface area contributed by atoms with Gasteiger partial charge >= 0.3 is 5.69 Å². The van der Waals surface area contributed by atoms with Crippen LogP contribution < -0.4 is 5.69 Å². The first kappa shape index (κ1) is 8.96. The Morgan fingerprint density at radius 1 is 1.38 bits per heavy atom. The average molecular weight is 214 g/mol. The molecule has 0 unspecified atom stereocenters. The fourth-order valence-electron chi connectivity index (χ4n) is 1.82. The molecule has 0 aliphatic rings. The first-order valence-corrected chi connectivity index (χ1v) is 4.94. The maximum absolute atomic E-state index is 11.4. The third kappa shape index (κ3) is 1.18. The number of nitrogens with one attached hydrogen (secondary N) is 1. The Morgan fingerprint density at radius 3 is 3.00 bits per heavy atom. The van der Waals surface area contributed by atoms with Crippen LogP contribution in [0.15, 0.2) is 41.6 Å². The quantitative estimate of drug-likeness (QED) is 0.658. The molecule has 0 fully saturated rings. The molecule has 1 aromatic carbocycles. The molecule has 2 aromatic heterocycles. The zero-order valence-corrected chi connectivity index (χ0v) is 8.71. The van der Waals surface area contributed by atoms with E-state index in [2.05, 4.69) is 10.1 Å². The van der Waals surface area contributed by atoms with Gasteiger partial charge in [-0.2, -0.15) is 5.10 Å². The summed E-state index contributed by atoms with van der Waals surface area (Å²) in [6, 6.07) is 5.80. The Kier molecular flexibility index (Phi) is 1.73. The van der Waals surface area contributed by atoms with E-state index in [1.165, 1.54) is 0 Å². The molecule has 3 aromatic rings. The lowest BCUT2D eigenvalue weighted by molar-refractivity contribution is 0.797. The van der Waals surface area contributed by atoms with Gasteiger partial charge in [0.2, 0.25) is 0 Å². The van der Waals surface area contributed by atoms with Gasteiger partial charge in [-0.3, -0.25) is 9.25 Å². The van der Waals surface area contributed by atoms with Gasteiger partial charge in [-0.1, -0.05) is 0 Å². The van der Waals surface area contributed by atoms with Crippen LogP contribution in [0, 0.1) is 0 Å². The summed E-state index contributed by atoms with van der Waals surface area (Å²) in [4.78, 5) is 14.1. The van der Waals surface area contributed by atoms with Crippen LogP contribution in [0.25, 0.3) is 16.6 Å². The molecule has 0 amide bonds. The van der Waals surface area contributed by atoms with E-state index in [-0.39, 0.29) is 5.69 Å². The smallest absolute Gasteiger partial charge is 0.312 e. The molecule has 0 bridgehead atoms. The lowest BCUT2D eigenvalue weighted by Gasteiger charge is -2.01. The molecule has 5 heteroatoms. The van der Waals surface area contributed by atoms with E-state index in [9.17, 15) is 4.79 Å². The highest BCUT2D eigenvalue weighted by Crippen LogP contribution is 2.16. The van der Waals surface area contributed by atoms with E-state index < -0.39 is 0 Å². The molecule has 0 aliphatic heterocycles. The van der Waals surface area contributed by atoms with Crippen molar-refractivity contribution >= 4 is 10.9 Å². The lowest BCUT2D eigenvalue weighted by Crippen LogP contribution is -2.13. The van der Waals surface area contributed by atoms with Crippen molar-refractivity contribution in [2.75, 3.05) is 0 Å². The number of aromatic nitrogens is 4. The average Bonchev–Trinajstić information content (AvgIpc) is 2.86. The van der Waals surface area contributed by atoms with Crippen LogP contribution in [0.5, 0.6) is 0 Å². The number of hydrogen-bond acceptors (Lipinski definition) is 2. The Labute approximate surface area is 90.9 Å². The van der Waals surface area contributed by atoms with E-state index in [0.717, 1.165) is 16.6 Å². The summed E-state index contributed by atoms with van der Waals surface area (Å²) >= 11 is 0. The van der Waals surface area contributed by atoms with Gasteiger partial charge in [0.1, 0.15) is 0 Å². The molecule has 0 saturated carbocycles. The van der Waals surface area contributed by atoms with Crippen molar-refractivity contribution in [3.8, 4) is 5.69 Å². The van der Waals surface area contributed by atoms with Crippen molar-refractivity contribution < 1.29 is 0 Å². The van der Waals surface area contributed by atoms with E-state index in [4.69, 9.17) is 0 Å². The molecule has 0 aliphatic carbocycles. The SMILES string of the molecule is Cn1ncc2cc(-n3cc[nH]c3=O)ccc21. The highest BCUT2D eigenvalue weighted by molar-refractivity contribution is 5.80. The van der Waals surface area contributed by atoms with E-state index in [1.54, 1.807) is 27.8 Å². The van der Waals surface area contributed by atoms with Crippen molar-refractivity contribution in [1.82, 2.24) is 19.3 Å². The zero-order valence-electron chi connectivity index (χ0n) is 8.71. The largest absolute Gasteiger partial charge is 0.330 e. The molecule has 16 heavy (non-hydrogen) atoms. The topological polar surface area (TPSA) is 55.6 Å². The minimum atomic E-state index is -0.136. The fraction of sp³-hybridized carbons (Fsp3) is 0.0909. The molecule has 3 rings (SSSR count). The molecule has 5 nitrogen and oxygen atoms in total. The minimum absolute atomic E-state index is 0.136. The second-order valence-electron chi connectivity index (χ2n) is 3.65. The summed E-state index contributed by atoms with van der Waals surface area (Å²) in [5.41, 5.74) is 1.75. The number of aryl methyl sites for hydroxylation is 1. The molecular formula is C11H10N4O. The summed E-state index contributed by atoms with van der Waals surface area (Å²) in [6.07, 6.45) is 5.12. The van der Waals surface area contributed by atoms with Gasteiger partial charge in [-0.05, 0) is 18.2 Å². The highest BCUT2D eigenvalue weighted by atomic mass is 16.1. The Balaban J connectivity index is 2.27. The third-order valence-electron chi connectivity index (χ3n) is 2.66. The standard InChI is InChI=1S/C11H10N4O/c1-14-10-3-2-9(6-8(10)7-13-14)15-5-4-12-11(15)16/h2-7H,1H3,(H,12,16). The summed E-state index contributed by atoms with van der Waals surface area (Å²) in [6.45, 7) is 0. The first-order chi connectivity index (χ1) is 7.75. The van der Waals surface area contributed by atoms with Gasteiger partial charge in [0, 0.05) is 24.8 Å². The van der Waals surface area contributed by atoms with Gasteiger partial charge < -0.3 is 4.98 Å². The van der Waals surface area contributed by atoms with E-state index >= 15 is 0 Å². The second kappa shape index (κ2) is 3.10. The predicted octanol–water partition coefficient (Wildman–Crippen LogP) is 1.05. The van der Waals surface area contributed by atoms with Crippen LogP contribution in [-0.4, -0.2) is 19.3 Å². The summed E-state index contributed by atoms with van der Waals surface area (Å²) in [5, 5.41) is 5.18. The number of aromatic amines is 1. The van der Waals surface area contributed by atoms with Crippen LogP contribution in [-0.2, 0) is 7.05 Å². The number of imidazole rings is 1. The Morgan fingerprint density at radius 2 is 2.25 bits per heavy atom. The number of nitrogens with zero attached hydrogens (tertiary/aromatic N) is 3. The zero-order chi connectivity index (χ0) is 11.1. The maximum atomic E-state index is 11.4. The lowest BCUT2D eigenvalue weighted by atomic mass is 10.2. The number of benzene rings is 1. The molecule has 0 radical (unpaired) electrons. The van der Waals surface area contributed by atoms with Crippen molar-refractivity contribution in [2.24, 2.45) is 7.05 Å². The third-order valence-corrected chi connectivity index (χ3v) is 2.66. The van der Waals surface area contributed by atoms with Crippen molar-refractivity contribution in [1.29, 1.82) is 0 Å². The van der Waals surface area contributed by atoms with Crippen LogP contribution in [0.4, 0.5) is 0 Å². The first-order valence-electron chi connectivity index (χ1n) is 4.94. The van der Waals surface area contributed by atoms with Gasteiger partial charge in [0.15, 0.2) is 0 Å².